The Hall–Kier alpha value is -2.94. The highest BCUT2D eigenvalue weighted by Gasteiger charge is 2.31. The number of fused-ring (bicyclic) bond motifs is 1. The maximum atomic E-state index is 13.9. The molecule has 2 fully saturated rings. The van der Waals surface area contributed by atoms with Crippen molar-refractivity contribution in [2.45, 2.75) is 32.0 Å². The third-order valence-corrected chi connectivity index (χ3v) is 5.13. The Kier molecular flexibility index (Phi) is 4.04. The molecule has 4 heterocycles. The van der Waals surface area contributed by atoms with Gasteiger partial charge in [-0.25, -0.2) is 8.91 Å². The Labute approximate surface area is 160 Å². The van der Waals surface area contributed by atoms with Crippen molar-refractivity contribution in [1.82, 2.24) is 20.1 Å². The SMILES string of the molecule is Cc1onc(O[C@H]2CNC[C@H]2F)c1-c1ccn2nc(NC(=O)C3CC3)cc2c1. The van der Waals surface area contributed by atoms with E-state index in [1.165, 1.54) is 0 Å². The third-order valence-electron chi connectivity index (χ3n) is 5.13. The predicted octanol–water partition coefficient (Wildman–Crippen LogP) is 2.33. The van der Waals surface area contributed by atoms with E-state index in [2.05, 4.69) is 20.9 Å². The molecule has 2 atom stereocenters. The molecule has 2 aliphatic rings. The number of rotatable bonds is 5. The minimum absolute atomic E-state index is 0.0140. The first-order valence-corrected chi connectivity index (χ1v) is 9.37. The molecule has 2 N–H and O–H groups in total. The number of anilines is 1. The van der Waals surface area contributed by atoms with E-state index in [4.69, 9.17) is 9.26 Å². The Morgan fingerprint density at radius 2 is 2.25 bits per heavy atom. The number of alkyl halides is 1. The number of nitrogens with one attached hydrogen (secondary N) is 2. The lowest BCUT2D eigenvalue weighted by atomic mass is 10.1. The molecule has 1 amide bonds. The molecule has 0 spiro atoms. The highest BCUT2D eigenvalue weighted by Crippen LogP contribution is 2.35. The summed E-state index contributed by atoms with van der Waals surface area (Å²) in [5, 5.41) is 14.2. The van der Waals surface area contributed by atoms with Crippen molar-refractivity contribution in [1.29, 1.82) is 0 Å². The van der Waals surface area contributed by atoms with E-state index in [9.17, 15) is 9.18 Å². The van der Waals surface area contributed by atoms with Crippen LogP contribution in [0.3, 0.4) is 0 Å². The molecule has 1 saturated heterocycles. The quantitative estimate of drug-likeness (QED) is 0.700. The van der Waals surface area contributed by atoms with Crippen molar-refractivity contribution in [3.8, 4) is 17.0 Å². The molecule has 1 aliphatic heterocycles. The standard InChI is InChI=1S/C19H20FN5O3/c1-10-17(19(24-28-10)27-15-9-21-8-14(15)20)12-4-5-25-13(6-12)7-16(23-25)22-18(26)11-2-3-11/h4-7,11,14-15,21H,2-3,8-9H2,1H3,(H,22,23,26)/t14-,15+/m1/s1. The molecule has 8 nitrogen and oxygen atoms in total. The predicted molar refractivity (Wildman–Crippen MR) is 99.0 cm³/mol. The van der Waals surface area contributed by atoms with Gasteiger partial charge in [0.25, 0.3) is 5.88 Å². The number of hydrogen-bond acceptors (Lipinski definition) is 6. The van der Waals surface area contributed by atoms with Crippen molar-refractivity contribution in [2.24, 2.45) is 5.92 Å². The van der Waals surface area contributed by atoms with Crippen LogP contribution in [0.5, 0.6) is 5.88 Å². The van der Waals surface area contributed by atoms with Crippen LogP contribution >= 0.6 is 0 Å². The molecule has 3 aromatic heterocycles. The molecule has 1 aliphatic carbocycles. The van der Waals surface area contributed by atoms with Gasteiger partial charge < -0.3 is 19.9 Å². The molecule has 0 unspecified atom stereocenters. The van der Waals surface area contributed by atoms with Crippen LogP contribution in [0.4, 0.5) is 10.2 Å². The van der Waals surface area contributed by atoms with Crippen LogP contribution in [-0.2, 0) is 4.79 Å². The summed E-state index contributed by atoms with van der Waals surface area (Å²) < 4.78 is 26.7. The molecule has 0 bridgehead atoms. The molecule has 5 rings (SSSR count). The molecular weight excluding hydrogens is 365 g/mol. The fraction of sp³-hybridized carbons (Fsp3) is 0.421. The summed E-state index contributed by atoms with van der Waals surface area (Å²) in [5.74, 6) is 1.51. The smallest absolute Gasteiger partial charge is 0.262 e. The van der Waals surface area contributed by atoms with Gasteiger partial charge >= 0.3 is 0 Å². The Morgan fingerprint density at radius 3 is 3.00 bits per heavy atom. The van der Waals surface area contributed by atoms with Gasteiger partial charge in [0.05, 0.1) is 11.1 Å². The van der Waals surface area contributed by atoms with Crippen LogP contribution in [0, 0.1) is 12.8 Å². The lowest BCUT2D eigenvalue weighted by molar-refractivity contribution is -0.117. The van der Waals surface area contributed by atoms with E-state index in [1.807, 2.05) is 18.2 Å². The number of aromatic nitrogens is 3. The van der Waals surface area contributed by atoms with Crippen molar-refractivity contribution < 1.29 is 18.4 Å². The van der Waals surface area contributed by atoms with Crippen molar-refractivity contribution >= 4 is 17.2 Å². The van der Waals surface area contributed by atoms with E-state index >= 15 is 0 Å². The van der Waals surface area contributed by atoms with Gasteiger partial charge in [0.15, 0.2) is 12.0 Å². The number of ether oxygens (including phenoxy) is 1. The average molecular weight is 385 g/mol. The fourth-order valence-electron chi connectivity index (χ4n) is 3.43. The summed E-state index contributed by atoms with van der Waals surface area (Å²) in [6.45, 7) is 2.49. The summed E-state index contributed by atoms with van der Waals surface area (Å²) in [7, 11) is 0. The molecule has 3 aromatic rings. The van der Waals surface area contributed by atoms with E-state index in [1.54, 1.807) is 17.6 Å². The summed E-state index contributed by atoms with van der Waals surface area (Å²) in [6, 6.07) is 5.58. The number of pyridine rings is 1. The summed E-state index contributed by atoms with van der Waals surface area (Å²) in [5.41, 5.74) is 2.31. The number of nitrogens with zero attached hydrogens (tertiary/aromatic N) is 3. The van der Waals surface area contributed by atoms with E-state index < -0.39 is 12.3 Å². The number of aryl methyl sites for hydroxylation is 1. The van der Waals surface area contributed by atoms with E-state index in [0.717, 1.165) is 23.9 Å². The zero-order valence-electron chi connectivity index (χ0n) is 15.3. The third kappa shape index (κ3) is 3.11. The Balaban J connectivity index is 1.44. The van der Waals surface area contributed by atoms with Crippen LogP contribution in [0.2, 0.25) is 0 Å². The van der Waals surface area contributed by atoms with Gasteiger partial charge in [-0.3, -0.25) is 4.79 Å². The first kappa shape index (κ1) is 17.2. The summed E-state index contributed by atoms with van der Waals surface area (Å²) in [6.07, 6.45) is 2.00. The Bertz CT molecular complexity index is 1040. The maximum Gasteiger partial charge on any atom is 0.262 e. The Morgan fingerprint density at radius 1 is 1.39 bits per heavy atom. The molecule has 146 valence electrons. The zero-order chi connectivity index (χ0) is 19.3. The van der Waals surface area contributed by atoms with Crippen LogP contribution in [0.15, 0.2) is 28.9 Å². The second-order valence-corrected chi connectivity index (χ2v) is 7.33. The topological polar surface area (TPSA) is 93.7 Å². The average Bonchev–Trinajstić information content (AvgIpc) is 3.20. The molecular formula is C19H20FN5O3. The maximum absolute atomic E-state index is 13.9. The molecule has 9 heteroatoms. The largest absolute Gasteiger partial charge is 0.467 e. The normalized spacial score (nSPS) is 21.9. The van der Waals surface area contributed by atoms with Gasteiger partial charge in [0, 0.05) is 31.3 Å². The monoisotopic (exact) mass is 385 g/mol. The van der Waals surface area contributed by atoms with E-state index in [-0.39, 0.29) is 24.2 Å². The van der Waals surface area contributed by atoms with Crippen molar-refractivity contribution in [3.63, 3.8) is 0 Å². The van der Waals surface area contributed by atoms with Gasteiger partial charge in [-0.2, -0.15) is 5.10 Å². The van der Waals surface area contributed by atoms with Crippen LogP contribution in [0.1, 0.15) is 18.6 Å². The van der Waals surface area contributed by atoms with E-state index in [0.29, 0.717) is 23.7 Å². The number of carbonyl (C=O) groups is 1. The zero-order valence-corrected chi connectivity index (χ0v) is 15.3. The summed E-state index contributed by atoms with van der Waals surface area (Å²) >= 11 is 0. The number of hydrogen-bond donors (Lipinski definition) is 2. The number of amides is 1. The number of carbonyl (C=O) groups excluding carboxylic acids is 1. The second kappa shape index (κ2) is 6.59. The van der Waals surface area contributed by atoms with Crippen molar-refractivity contribution in [3.05, 3.63) is 30.2 Å². The fourth-order valence-corrected chi connectivity index (χ4v) is 3.43. The van der Waals surface area contributed by atoms with Gasteiger partial charge in [0.1, 0.15) is 11.9 Å². The highest BCUT2D eigenvalue weighted by molar-refractivity contribution is 5.93. The van der Waals surface area contributed by atoms with Gasteiger partial charge in [-0.1, -0.05) is 0 Å². The first-order chi connectivity index (χ1) is 13.6. The lowest BCUT2D eigenvalue weighted by Gasteiger charge is -2.13. The highest BCUT2D eigenvalue weighted by atomic mass is 19.1. The minimum atomic E-state index is -1.08. The molecule has 0 radical (unpaired) electrons. The molecule has 0 aromatic carbocycles. The minimum Gasteiger partial charge on any atom is -0.467 e. The van der Waals surface area contributed by atoms with Gasteiger partial charge in [0.2, 0.25) is 5.91 Å². The first-order valence-electron chi connectivity index (χ1n) is 9.37. The van der Waals surface area contributed by atoms with Crippen LogP contribution in [-0.4, -0.2) is 46.0 Å². The number of halogens is 1. The van der Waals surface area contributed by atoms with Crippen molar-refractivity contribution in [2.75, 3.05) is 18.4 Å². The summed E-state index contributed by atoms with van der Waals surface area (Å²) in [4.78, 5) is 12.0. The second-order valence-electron chi connectivity index (χ2n) is 7.33. The van der Waals surface area contributed by atoms with Crippen LogP contribution in [0.25, 0.3) is 16.6 Å². The van der Waals surface area contributed by atoms with Gasteiger partial charge in [-0.05, 0) is 42.6 Å². The molecule has 1 saturated carbocycles. The molecule has 28 heavy (non-hydrogen) atoms. The van der Waals surface area contributed by atoms with Crippen LogP contribution < -0.4 is 15.4 Å². The lowest BCUT2D eigenvalue weighted by Crippen LogP contribution is -2.27. The van der Waals surface area contributed by atoms with Gasteiger partial charge in [-0.15, -0.1) is 0 Å².